The van der Waals surface area contributed by atoms with Crippen LogP contribution in [0.5, 0.6) is 5.88 Å². The standard InChI is InChI=1S/C17H20N4O3/c1-23-14-7-6-12(9-18-14)15-19-16(24-20-15)13-3-2-8-21(10-13)17(22)11-4-5-11/h6-7,9,11,13H,2-5,8,10H2,1H3. The van der Waals surface area contributed by atoms with Crippen molar-refractivity contribution in [1.29, 1.82) is 0 Å². The van der Waals surface area contributed by atoms with Crippen molar-refractivity contribution in [2.45, 2.75) is 31.6 Å². The Bertz CT molecular complexity index is 724. The van der Waals surface area contributed by atoms with Gasteiger partial charge < -0.3 is 14.2 Å². The van der Waals surface area contributed by atoms with Crippen molar-refractivity contribution in [3.8, 4) is 17.3 Å². The van der Waals surface area contributed by atoms with Gasteiger partial charge in [0.15, 0.2) is 0 Å². The third kappa shape index (κ3) is 2.98. The molecule has 2 fully saturated rings. The first-order chi connectivity index (χ1) is 11.7. The minimum absolute atomic E-state index is 0.119. The number of amides is 1. The van der Waals surface area contributed by atoms with Gasteiger partial charge in [0.2, 0.25) is 23.5 Å². The van der Waals surface area contributed by atoms with Crippen LogP contribution in [-0.4, -0.2) is 46.1 Å². The second-order valence-corrected chi connectivity index (χ2v) is 6.44. The molecule has 1 saturated heterocycles. The zero-order chi connectivity index (χ0) is 16.5. The quantitative estimate of drug-likeness (QED) is 0.856. The molecule has 24 heavy (non-hydrogen) atoms. The first-order valence-electron chi connectivity index (χ1n) is 8.37. The van der Waals surface area contributed by atoms with Crippen LogP contribution in [0.2, 0.25) is 0 Å². The fourth-order valence-electron chi connectivity index (χ4n) is 3.12. The number of rotatable bonds is 4. The Kier molecular flexibility index (Phi) is 3.92. The van der Waals surface area contributed by atoms with Gasteiger partial charge in [0.05, 0.1) is 13.0 Å². The lowest BCUT2D eigenvalue weighted by molar-refractivity contribution is -0.133. The van der Waals surface area contributed by atoms with E-state index in [0.717, 1.165) is 37.8 Å². The molecule has 2 aliphatic rings. The van der Waals surface area contributed by atoms with Crippen LogP contribution in [0, 0.1) is 5.92 Å². The summed E-state index contributed by atoms with van der Waals surface area (Å²) in [7, 11) is 1.58. The Balaban J connectivity index is 1.48. The molecule has 126 valence electrons. The molecule has 0 bridgehead atoms. The first kappa shape index (κ1) is 15.1. The van der Waals surface area contributed by atoms with Crippen molar-refractivity contribution in [3.05, 3.63) is 24.2 Å². The molecule has 0 radical (unpaired) electrons. The minimum Gasteiger partial charge on any atom is -0.481 e. The molecule has 7 nitrogen and oxygen atoms in total. The smallest absolute Gasteiger partial charge is 0.231 e. The highest BCUT2D eigenvalue weighted by atomic mass is 16.5. The summed E-state index contributed by atoms with van der Waals surface area (Å²) in [4.78, 5) is 22.9. The lowest BCUT2D eigenvalue weighted by atomic mass is 9.97. The zero-order valence-electron chi connectivity index (χ0n) is 13.6. The summed E-state index contributed by atoms with van der Waals surface area (Å²) >= 11 is 0. The average molecular weight is 328 g/mol. The lowest BCUT2D eigenvalue weighted by Gasteiger charge is -2.31. The molecule has 0 N–H and O–H groups in total. The fraction of sp³-hybridized carbons (Fsp3) is 0.529. The molecule has 7 heteroatoms. The molecule has 1 aliphatic heterocycles. The van der Waals surface area contributed by atoms with Gasteiger partial charge in [-0.3, -0.25) is 4.79 Å². The molecule has 3 heterocycles. The SMILES string of the molecule is COc1ccc(-c2noc(C3CCCN(C(=O)C4CC4)C3)n2)cn1. The van der Waals surface area contributed by atoms with Crippen LogP contribution in [0.1, 0.15) is 37.5 Å². The number of carbonyl (C=O) groups excluding carboxylic acids is 1. The Labute approximate surface area is 140 Å². The molecule has 1 saturated carbocycles. The third-order valence-electron chi connectivity index (χ3n) is 4.65. The number of methoxy groups -OCH3 is 1. The number of hydrogen-bond acceptors (Lipinski definition) is 6. The minimum atomic E-state index is 0.119. The molecule has 1 amide bonds. The molecule has 2 aromatic heterocycles. The predicted molar refractivity (Wildman–Crippen MR) is 85.4 cm³/mol. The number of ether oxygens (including phenoxy) is 1. The van der Waals surface area contributed by atoms with Crippen molar-refractivity contribution < 1.29 is 14.1 Å². The molecule has 1 aliphatic carbocycles. The van der Waals surface area contributed by atoms with E-state index >= 15 is 0 Å². The maximum absolute atomic E-state index is 12.3. The van der Waals surface area contributed by atoms with Crippen molar-refractivity contribution in [1.82, 2.24) is 20.0 Å². The number of nitrogens with zero attached hydrogens (tertiary/aromatic N) is 4. The van der Waals surface area contributed by atoms with Gasteiger partial charge in [-0.1, -0.05) is 5.16 Å². The van der Waals surface area contributed by atoms with Gasteiger partial charge in [-0.15, -0.1) is 0 Å². The van der Waals surface area contributed by atoms with E-state index in [-0.39, 0.29) is 11.8 Å². The van der Waals surface area contributed by atoms with Gasteiger partial charge in [0.25, 0.3) is 0 Å². The van der Waals surface area contributed by atoms with Gasteiger partial charge >= 0.3 is 0 Å². The second kappa shape index (κ2) is 6.22. The number of piperidine rings is 1. The van der Waals surface area contributed by atoms with Gasteiger partial charge in [-0.2, -0.15) is 4.98 Å². The second-order valence-electron chi connectivity index (χ2n) is 6.44. The average Bonchev–Trinajstić information content (AvgIpc) is 3.38. The number of pyridine rings is 1. The van der Waals surface area contributed by atoms with Crippen LogP contribution >= 0.6 is 0 Å². The van der Waals surface area contributed by atoms with E-state index in [0.29, 0.717) is 30.0 Å². The van der Waals surface area contributed by atoms with Gasteiger partial charge in [-0.05, 0) is 31.7 Å². The van der Waals surface area contributed by atoms with Crippen molar-refractivity contribution in [2.24, 2.45) is 5.92 Å². The summed E-state index contributed by atoms with van der Waals surface area (Å²) in [5, 5.41) is 4.06. The largest absolute Gasteiger partial charge is 0.481 e. The Morgan fingerprint density at radius 1 is 1.33 bits per heavy atom. The van der Waals surface area contributed by atoms with Crippen molar-refractivity contribution in [3.63, 3.8) is 0 Å². The summed E-state index contributed by atoms with van der Waals surface area (Å²) < 4.78 is 10.5. The van der Waals surface area contributed by atoms with E-state index in [4.69, 9.17) is 9.26 Å². The summed E-state index contributed by atoms with van der Waals surface area (Å²) in [5.41, 5.74) is 0.785. The molecule has 0 aromatic carbocycles. The van der Waals surface area contributed by atoms with Crippen LogP contribution in [0.25, 0.3) is 11.4 Å². The summed E-state index contributed by atoms with van der Waals surface area (Å²) in [6, 6.07) is 3.62. The monoisotopic (exact) mass is 328 g/mol. The molecule has 0 spiro atoms. The molecular weight excluding hydrogens is 308 g/mol. The van der Waals surface area contributed by atoms with E-state index in [1.165, 1.54) is 0 Å². The van der Waals surface area contributed by atoms with Gasteiger partial charge in [-0.25, -0.2) is 4.98 Å². The molecule has 1 atom stereocenters. The Morgan fingerprint density at radius 2 is 2.21 bits per heavy atom. The highest BCUT2D eigenvalue weighted by Gasteiger charge is 2.36. The highest BCUT2D eigenvalue weighted by Crippen LogP contribution is 2.34. The summed E-state index contributed by atoms with van der Waals surface area (Å²) in [6.07, 6.45) is 5.68. The van der Waals surface area contributed by atoms with Crippen molar-refractivity contribution in [2.75, 3.05) is 20.2 Å². The summed E-state index contributed by atoms with van der Waals surface area (Å²) in [6.45, 7) is 1.52. The van der Waals surface area contributed by atoms with Gasteiger partial charge in [0.1, 0.15) is 0 Å². The summed E-state index contributed by atoms with van der Waals surface area (Å²) in [5.74, 6) is 2.34. The zero-order valence-corrected chi connectivity index (χ0v) is 13.6. The molecule has 2 aromatic rings. The van der Waals surface area contributed by atoms with E-state index in [9.17, 15) is 4.79 Å². The van der Waals surface area contributed by atoms with Crippen LogP contribution < -0.4 is 4.74 Å². The van der Waals surface area contributed by atoms with E-state index in [1.54, 1.807) is 19.4 Å². The highest BCUT2D eigenvalue weighted by molar-refractivity contribution is 5.81. The molecule has 1 unspecified atom stereocenters. The van der Waals surface area contributed by atoms with E-state index < -0.39 is 0 Å². The molecular formula is C17H20N4O3. The predicted octanol–water partition coefficient (Wildman–Crippen LogP) is 2.26. The van der Waals surface area contributed by atoms with Crippen LogP contribution in [0.4, 0.5) is 0 Å². The Morgan fingerprint density at radius 3 is 2.92 bits per heavy atom. The lowest BCUT2D eigenvalue weighted by Crippen LogP contribution is -2.40. The number of aromatic nitrogens is 3. The van der Waals surface area contributed by atoms with E-state index in [1.807, 2.05) is 11.0 Å². The van der Waals surface area contributed by atoms with Gasteiger partial charge in [0, 0.05) is 36.8 Å². The maximum atomic E-state index is 12.3. The first-order valence-corrected chi connectivity index (χ1v) is 8.37. The van der Waals surface area contributed by atoms with E-state index in [2.05, 4.69) is 15.1 Å². The third-order valence-corrected chi connectivity index (χ3v) is 4.65. The molecule has 4 rings (SSSR count). The maximum Gasteiger partial charge on any atom is 0.231 e. The van der Waals surface area contributed by atoms with Crippen molar-refractivity contribution >= 4 is 5.91 Å². The fourth-order valence-corrected chi connectivity index (χ4v) is 3.12. The number of likely N-dealkylation sites (tertiary alicyclic amines) is 1. The normalized spacial score (nSPS) is 20.9. The number of carbonyl (C=O) groups is 1. The van der Waals surface area contributed by atoms with Crippen LogP contribution in [0.15, 0.2) is 22.9 Å². The number of hydrogen-bond donors (Lipinski definition) is 0. The topological polar surface area (TPSA) is 81.4 Å². The Hall–Kier alpha value is -2.44. The van der Waals surface area contributed by atoms with Crippen LogP contribution in [0.3, 0.4) is 0 Å². The van der Waals surface area contributed by atoms with Crippen LogP contribution in [-0.2, 0) is 4.79 Å².